The van der Waals surface area contributed by atoms with Crippen LogP contribution in [0.5, 0.6) is 0 Å². The number of aliphatic hydroxyl groups is 1. The van der Waals surface area contributed by atoms with E-state index in [9.17, 15) is 14.5 Å². The normalized spacial score (nSPS) is 13.9. The summed E-state index contributed by atoms with van der Waals surface area (Å²) in [7, 11) is -0.309. The van der Waals surface area contributed by atoms with Crippen molar-refractivity contribution in [1.82, 2.24) is 15.0 Å². The summed E-state index contributed by atoms with van der Waals surface area (Å²) in [5.74, 6) is -2.27. The summed E-state index contributed by atoms with van der Waals surface area (Å²) >= 11 is 0. The predicted molar refractivity (Wildman–Crippen MR) is 94.0 cm³/mol. The number of ether oxygens (including phenoxy) is 2. The van der Waals surface area contributed by atoms with E-state index in [4.69, 9.17) is 13.8 Å². The Balaban J connectivity index is 2.25. The fourth-order valence-corrected chi connectivity index (χ4v) is 3.50. The number of rotatable bonds is 10. The minimum atomic E-state index is -3.86. The van der Waals surface area contributed by atoms with Crippen molar-refractivity contribution in [1.29, 1.82) is 0 Å². The average molecular weight is 399 g/mol. The third kappa shape index (κ3) is 5.21. The van der Waals surface area contributed by atoms with E-state index >= 15 is 0 Å². The zero-order valence-electron chi connectivity index (χ0n) is 15.2. The van der Waals surface area contributed by atoms with Gasteiger partial charge < -0.3 is 23.6 Å². The highest BCUT2D eigenvalue weighted by Crippen LogP contribution is 2.52. The molecule has 27 heavy (non-hydrogen) atoms. The van der Waals surface area contributed by atoms with Crippen LogP contribution >= 0.6 is 7.60 Å². The molecule has 0 aliphatic carbocycles. The molecule has 0 unspecified atom stereocenters. The zero-order valence-corrected chi connectivity index (χ0v) is 16.1. The molecule has 1 heterocycles. The standard InChI is InChI=1S/C16H22N3O7P/c1-23-15(20)13-9-17-18-19(13)10-14(16(21)27(22,24-2)25-3)26-11-12-7-5-4-6-8-12/h4-9,14,16,21H,10-11H2,1-3H3/t14-,16-/m0/s1. The van der Waals surface area contributed by atoms with E-state index in [1.807, 2.05) is 30.3 Å². The van der Waals surface area contributed by atoms with Crippen molar-refractivity contribution in [3.05, 3.63) is 47.8 Å². The number of aliphatic hydroxyl groups excluding tert-OH is 1. The first-order valence-electron chi connectivity index (χ1n) is 7.96. The fraction of sp³-hybridized carbons (Fsp3) is 0.438. The lowest BCUT2D eigenvalue weighted by molar-refractivity contribution is -0.0357. The SMILES string of the molecule is COC(=O)c1cnnn1C[C@H](OCc1ccccc1)[C@@H](O)P(=O)(OC)OC. The molecule has 0 bridgehead atoms. The molecule has 1 aromatic heterocycles. The molecule has 0 fully saturated rings. The summed E-state index contributed by atoms with van der Waals surface area (Å²) in [6, 6.07) is 9.21. The number of benzene rings is 1. The molecule has 2 aromatic rings. The highest BCUT2D eigenvalue weighted by molar-refractivity contribution is 7.54. The average Bonchev–Trinajstić information content (AvgIpc) is 3.18. The molecule has 0 radical (unpaired) electrons. The summed E-state index contributed by atoms with van der Waals surface area (Å²) in [4.78, 5) is 11.8. The van der Waals surface area contributed by atoms with Crippen molar-refractivity contribution in [3.8, 4) is 0 Å². The van der Waals surface area contributed by atoms with Gasteiger partial charge in [0.1, 0.15) is 6.10 Å². The van der Waals surface area contributed by atoms with Crippen molar-refractivity contribution in [2.75, 3.05) is 21.3 Å². The Hall–Kier alpha value is -2.10. The Bertz CT molecular complexity index is 775. The molecule has 0 spiro atoms. The Kier molecular flexibility index (Phi) is 7.64. The van der Waals surface area contributed by atoms with Crippen LogP contribution in [0.15, 0.2) is 36.5 Å². The Labute approximate surface area is 156 Å². The van der Waals surface area contributed by atoms with Crippen LogP contribution in [0, 0.1) is 0 Å². The second-order valence-corrected chi connectivity index (χ2v) is 7.79. The number of carbonyl (C=O) groups is 1. The van der Waals surface area contributed by atoms with Crippen LogP contribution in [0.2, 0.25) is 0 Å². The minimum absolute atomic E-state index is 0.0580. The van der Waals surface area contributed by atoms with Crippen LogP contribution in [0.25, 0.3) is 0 Å². The second kappa shape index (κ2) is 9.72. The van der Waals surface area contributed by atoms with Crippen molar-refractivity contribution >= 4 is 13.6 Å². The summed E-state index contributed by atoms with van der Waals surface area (Å²) in [5.41, 5.74) is 0.897. The van der Waals surface area contributed by atoms with Gasteiger partial charge in [-0.25, -0.2) is 9.48 Å². The smallest absolute Gasteiger partial charge is 0.361 e. The van der Waals surface area contributed by atoms with Crippen molar-refractivity contribution < 1.29 is 33.0 Å². The van der Waals surface area contributed by atoms with Gasteiger partial charge >= 0.3 is 13.6 Å². The molecule has 0 saturated carbocycles. The lowest BCUT2D eigenvalue weighted by atomic mass is 10.2. The molecule has 11 heteroatoms. The number of esters is 1. The van der Waals surface area contributed by atoms with Gasteiger partial charge in [-0.1, -0.05) is 35.5 Å². The van der Waals surface area contributed by atoms with Gasteiger partial charge in [0.2, 0.25) is 0 Å². The van der Waals surface area contributed by atoms with Gasteiger partial charge in [-0.3, -0.25) is 4.57 Å². The lowest BCUT2D eigenvalue weighted by Crippen LogP contribution is -2.35. The molecule has 2 atom stereocenters. The molecular formula is C16H22N3O7P. The third-order valence-electron chi connectivity index (χ3n) is 3.84. The first-order chi connectivity index (χ1) is 12.9. The minimum Gasteiger partial charge on any atom is -0.464 e. The van der Waals surface area contributed by atoms with E-state index < -0.39 is 25.5 Å². The van der Waals surface area contributed by atoms with Crippen LogP contribution < -0.4 is 0 Å². The first kappa shape index (κ1) is 21.2. The highest BCUT2D eigenvalue weighted by Gasteiger charge is 2.40. The van der Waals surface area contributed by atoms with Gasteiger partial charge in [0.25, 0.3) is 0 Å². The number of hydrogen-bond acceptors (Lipinski definition) is 9. The van der Waals surface area contributed by atoms with E-state index in [-0.39, 0.29) is 18.8 Å². The van der Waals surface area contributed by atoms with Crippen LogP contribution in [-0.2, 0) is 36.2 Å². The molecule has 0 aliphatic rings. The highest BCUT2D eigenvalue weighted by atomic mass is 31.2. The molecular weight excluding hydrogens is 377 g/mol. The molecule has 10 nitrogen and oxygen atoms in total. The van der Waals surface area contributed by atoms with Crippen molar-refractivity contribution in [2.24, 2.45) is 0 Å². The molecule has 0 saturated heterocycles. The molecule has 0 amide bonds. The number of hydrogen-bond donors (Lipinski definition) is 1. The zero-order chi connectivity index (χ0) is 19.9. The summed E-state index contributed by atoms with van der Waals surface area (Å²) < 4.78 is 34.0. The maximum Gasteiger partial charge on any atom is 0.361 e. The molecule has 1 aromatic carbocycles. The van der Waals surface area contributed by atoms with Crippen LogP contribution in [-0.4, -0.2) is 59.3 Å². The van der Waals surface area contributed by atoms with Crippen LogP contribution in [0.1, 0.15) is 16.1 Å². The van der Waals surface area contributed by atoms with Gasteiger partial charge in [0.15, 0.2) is 11.5 Å². The lowest BCUT2D eigenvalue weighted by Gasteiger charge is -2.27. The molecule has 148 valence electrons. The summed E-state index contributed by atoms with van der Waals surface area (Å²) in [6.07, 6.45) is 0.152. The second-order valence-electron chi connectivity index (χ2n) is 5.45. The molecule has 0 aliphatic heterocycles. The molecule has 2 rings (SSSR count). The van der Waals surface area contributed by atoms with E-state index in [2.05, 4.69) is 15.0 Å². The first-order valence-corrected chi connectivity index (χ1v) is 9.58. The van der Waals surface area contributed by atoms with Crippen LogP contribution in [0.3, 0.4) is 0 Å². The maximum absolute atomic E-state index is 12.6. The Morgan fingerprint density at radius 1 is 1.22 bits per heavy atom. The summed E-state index contributed by atoms with van der Waals surface area (Å²) in [6.45, 7) is -0.00655. The van der Waals surface area contributed by atoms with Gasteiger partial charge in [-0.2, -0.15) is 0 Å². The van der Waals surface area contributed by atoms with Gasteiger partial charge in [-0.15, -0.1) is 5.10 Å². The molecule has 1 N–H and O–H groups in total. The monoisotopic (exact) mass is 399 g/mol. The fourth-order valence-electron chi connectivity index (χ4n) is 2.33. The van der Waals surface area contributed by atoms with Crippen molar-refractivity contribution in [2.45, 2.75) is 25.1 Å². The number of nitrogens with zero attached hydrogens (tertiary/aromatic N) is 3. The van der Waals surface area contributed by atoms with Gasteiger partial charge in [0, 0.05) is 14.2 Å². The van der Waals surface area contributed by atoms with Gasteiger partial charge in [0.05, 0.1) is 26.5 Å². The van der Waals surface area contributed by atoms with Crippen LogP contribution in [0.4, 0.5) is 0 Å². The summed E-state index contributed by atoms with van der Waals surface area (Å²) in [5, 5.41) is 18.0. The van der Waals surface area contributed by atoms with Gasteiger partial charge in [-0.05, 0) is 5.56 Å². The Morgan fingerprint density at radius 3 is 2.48 bits per heavy atom. The van der Waals surface area contributed by atoms with E-state index in [1.54, 1.807) is 0 Å². The maximum atomic E-state index is 12.6. The van der Waals surface area contributed by atoms with E-state index in [0.29, 0.717) is 0 Å². The number of aromatic nitrogens is 3. The topological polar surface area (TPSA) is 122 Å². The quantitative estimate of drug-likeness (QED) is 0.467. The largest absolute Gasteiger partial charge is 0.464 e. The number of methoxy groups -OCH3 is 1. The van der Waals surface area contributed by atoms with E-state index in [0.717, 1.165) is 19.8 Å². The number of carbonyl (C=O) groups excluding carboxylic acids is 1. The van der Waals surface area contributed by atoms with Crippen molar-refractivity contribution in [3.63, 3.8) is 0 Å². The predicted octanol–water partition coefficient (Wildman–Crippen LogP) is 1.45. The Morgan fingerprint density at radius 2 is 1.89 bits per heavy atom. The van der Waals surface area contributed by atoms with E-state index in [1.165, 1.54) is 18.0 Å². The third-order valence-corrected chi connectivity index (χ3v) is 5.84.